The van der Waals surface area contributed by atoms with E-state index in [1.54, 1.807) is 30.6 Å². The second kappa shape index (κ2) is 5.67. The number of anilines is 1. The van der Waals surface area contributed by atoms with Crippen molar-refractivity contribution < 1.29 is 9.63 Å². The molecule has 0 saturated carbocycles. The number of pyridine rings is 1. The molecule has 0 aliphatic carbocycles. The molecule has 0 unspecified atom stereocenters. The zero-order valence-corrected chi connectivity index (χ0v) is 11.9. The number of nitrogens with two attached hydrogens (primary N) is 1. The van der Waals surface area contributed by atoms with E-state index in [9.17, 15) is 4.79 Å². The van der Waals surface area contributed by atoms with Gasteiger partial charge in [-0.25, -0.2) is 5.06 Å². The Labute approximate surface area is 122 Å². The van der Waals surface area contributed by atoms with Gasteiger partial charge in [0.2, 0.25) is 0 Å². The molecule has 0 spiro atoms. The van der Waals surface area contributed by atoms with Gasteiger partial charge in [0.15, 0.2) is 0 Å². The standard InChI is InChI=1S/C15H18N4O2/c1-21-19(12-3-5-18-9-12)14-7-11-8-17-4-2-10(11)6-13(14)15(16)20/h2,4,6-8,12,18H,3,5,9H2,1H3,(H2,16,20)/t12-/m0/s1. The number of carbonyl (C=O) groups is 1. The maximum absolute atomic E-state index is 11.8. The van der Waals surface area contributed by atoms with Crippen molar-refractivity contribution in [3.05, 3.63) is 36.2 Å². The molecule has 1 amide bonds. The lowest BCUT2D eigenvalue weighted by molar-refractivity contribution is 0.0994. The summed E-state index contributed by atoms with van der Waals surface area (Å²) in [5.41, 5.74) is 6.70. The molecule has 0 bridgehead atoms. The number of primary amides is 1. The van der Waals surface area contributed by atoms with Gasteiger partial charge in [-0.05, 0) is 36.6 Å². The third-order valence-electron chi connectivity index (χ3n) is 3.82. The van der Waals surface area contributed by atoms with Crippen molar-refractivity contribution in [1.29, 1.82) is 0 Å². The summed E-state index contributed by atoms with van der Waals surface area (Å²) in [4.78, 5) is 21.5. The third kappa shape index (κ3) is 2.55. The van der Waals surface area contributed by atoms with Crippen molar-refractivity contribution in [3.8, 4) is 0 Å². The second-order valence-electron chi connectivity index (χ2n) is 5.11. The van der Waals surface area contributed by atoms with E-state index in [2.05, 4.69) is 10.3 Å². The molecule has 1 aromatic carbocycles. The second-order valence-corrected chi connectivity index (χ2v) is 5.11. The summed E-state index contributed by atoms with van der Waals surface area (Å²) in [7, 11) is 1.61. The molecule has 2 aromatic rings. The van der Waals surface area contributed by atoms with Gasteiger partial charge in [-0.1, -0.05) is 0 Å². The van der Waals surface area contributed by atoms with Crippen LogP contribution in [0.3, 0.4) is 0 Å². The van der Waals surface area contributed by atoms with E-state index in [1.807, 2.05) is 12.1 Å². The normalized spacial score (nSPS) is 18.0. The van der Waals surface area contributed by atoms with Gasteiger partial charge < -0.3 is 11.1 Å². The van der Waals surface area contributed by atoms with Crippen LogP contribution in [0.4, 0.5) is 5.69 Å². The van der Waals surface area contributed by atoms with Crippen molar-refractivity contribution in [2.75, 3.05) is 25.3 Å². The number of benzene rings is 1. The fourth-order valence-electron chi connectivity index (χ4n) is 2.79. The summed E-state index contributed by atoms with van der Waals surface area (Å²) in [5.74, 6) is -0.461. The highest BCUT2D eigenvalue weighted by Crippen LogP contribution is 2.29. The van der Waals surface area contributed by atoms with Crippen LogP contribution in [-0.4, -0.2) is 37.1 Å². The Kier molecular flexibility index (Phi) is 3.72. The summed E-state index contributed by atoms with van der Waals surface area (Å²) < 4.78 is 0. The van der Waals surface area contributed by atoms with Crippen LogP contribution in [0.5, 0.6) is 0 Å². The maximum Gasteiger partial charge on any atom is 0.250 e. The van der Waals surface area contributed by atoms with Crippen molar-refractivity contribution in [3.63, 3.8) is 0 Å². The molecule has 1 aliphatic rings. The average Bonchev–Trinajstić information content (AvgIpc) is 3.01. The zero-order valence-electron chi connectivity index (χ0n) is 11.9. The Bertz CT molecular complexity index is 668. The van der Waals surface area contributed by atoms with Gasteiger partial charge in [-0.15, -0.1) is 0 Å². The van der Waals surface area contributed by atoms with Gasteiger partial charge in [-0.3, -0.25) is 14.6 Å². The minimum atomic E-state index is -0.461. The number of hydroxylamine groups is 1. The minimum Gasteiger partial charge on any atom is -0.366 e. The highest BCUT2D eigenvalue weighted by Gasteiger charge is 2.26. The molecule has 6 nitrogen and oxygen atoms in total. The van der Waals surface area contributed by atoms with Gasteiger partial charge >= 0.3 is 0 Å². The van der Waals surface area contributed by atoms with E-state index < -0.39 is 5.91 Å². The molecule has 3 rings (SSSR count). The van der Waals surface area contributed by atoms with Gasteiger partial charge in [0.05, 0.1) is 24.4 Å². The summed E-state index contributed by atoms with van der Waals surface area (Å²) in [6.07, 6.45) is 4.42. The molecule has 1 saturated heterocycles. The minimum absolute atomic E-state index is 0.183. The lowest BCUT2D eigenvalue weighted by atomic mass is 10.0. The first kappa shape index (κ1) is 13.8. The number of nitrogens with one attached hydrogen (secondary N) is 1. The topological polar surface area (TPSA) is 80.5 Å². The number of aromatic nitrogens is 1. The molecular formula is C15H18N4O2. The summed E-state index contributed by atoms with van der Waals surface area (Å²) in [5, 5.41) is 6.95. The summed E-state index contributed by atoms with van der Waals surface area (Å²) in [6.45, 7) is 1.75. The van der Waals surface area contributed by atoms with Crippen LogP contribution < -0.4 is 16.1 Å². The van der Waals surface area contributed by atoms with Gasteiger partial charge in [-0.2, -0.15) is 0 Å². The highest BCUT2D eigenvalue weighted by atomic mass is 16.7. The molecule has 0 radical (unpaired) electrons. The molecule has 1 aliphatic heterocycles. The largest absolute Gasteiger partial charge is 0.366 e. The smallest absolute Gasteiger partial charge is 0.250 e. The predicted octanol–water partition coefficient (Wildman–Crippen LogP) is 1.06. The van der Waals surface area contributed by atoms with E-state index in [1.165, 1.54) is 0 Å². The number of hydrogen-bond acceptors (Lipinski definition) is 5. The van der Waals surface area contributed by atoms with Crippen LogP contribution in [0, 0.1) is 0 Å². The Morgan fingerprint density at radius 2 is 2.33 bits per heavy atom. The maximum atomic E-state index is 11.8. The first-order chi connectivity index (χ1) is 10.2. The van der Waals surface area contributed by atoms with E-state index in [0.717, 1.165) is 30.3 Å². The number of amides is 1. The molecular weight excluding hydrogens is 268 g/mol. The van der Waals surface area contributed by atoms with E-state index in [-0.39, 0.29) is 6.04 Å². The quantitative estimate of drug-likeness (QED) is 0.822. The van der Waals surface area contributed by atoms with Gasteiger partial charge in [0.25, 0.3) is 5.91 Å². The van der Waals surface area contributed by atoms with Crippen molar-refractivity contribution in [2.45, 2.75) is 12.5 Å². The number of carbonyl (C=O) groups excluding carboxylic acids is 1. The zero-order chi connectivity index (χ0) is 14.8. The van der Waals surface area contributed by atoms with Gasteiger partial charge in [0, 0.05) is 24.3 Å². The van der Waals surface area contributed by atoms with Crippen LogP contribution in [-0.2, 0) is 4.84 Å². The Balaban J connectivity index is 2.13. The SMILES string of the molecule is CON(c1cc2cnccc2cc1C(N)=O)[C@H]1CCNC1. The van der Waals surface area contributed by atoms with Gasteiger partial charge in [0.1, 0.15) is 0 Å². The first-order valence-corrected chi connectivity index (χ1v) is 6.92. The van der Waals surface area contributed by atoms with Crippen molar-refractivity contribution in [1.82, 2.24) is 10.3 Å². The molecule has 1 aromatic heterocycles. The first-order valence-electron chi connectivity index (χ1n) is 6.92. The lowest BCUT2D eigenvalue weighted by Gasteiger charge is -2.29. The van der Waals surface area contributed by atoms with E-state index in [0.29, 0.717) is 11.3 Å². The molecule has 21 heavy (non-hydrogen) atoms. The van der Waals surface area contributed by atoms with Crippen LogP contribution in [0.1, 0.15) is 16.8 Å². The molecule has 1 atom stereocenters. The molecule has 110 valence electrons. The predicted molar refractivity (Wildman–Crippen MR) is 81.0 cm³/mol. The Morgan fingerprint density at radius 3 is 3.00 bits per heavy atom. The molecule has 1 fully saturated rings. The highest BCUT2D eigenvalue weighted by molar-refractivity contribution is 6.03. The summed E-state index contributed by atoms with van der Waals surface area (Å²) >= 11 is 0. The van der Waals surface area contributed by atoms with Crippen LogP contribution in [0.25, 0.3) is 10.8 Å². The molecule has 6 heteroatoms. The van der Waals surface area contributed by atoms with Crippen LogP contribution in [0.15, 0.2) is 30.6 Å². The Morgan fingerprint density at radius 1 is 1.48 bits per heavy atom. The lowest BCUT2D eigenvalue weighted by Crippen LogP contribution is -2.37. The summed E-state index contributed by atoms with van der Waals surface area (Å²) in [6, 6.07) is 5.75. The van der Waals surface area contributed by atoms with Crippen LogP contribution >= 0.6 is 0 Å². The Hall–Kier alpha value is -2.18. The fraction of sp³-hybridized carbons (Fsp3) is 0.333. The van der Waals surface area contributed by atoms with Crippen molar-refractivity contribution >= 4 is 22.4 Å². The number of hydrogen-bond donors (Lipinski definition) is 2. The fourth-order valence-corrected chi connectivity index (χ4v) is 2.79. The van der Waals surface area contributed by atoms with Crippen LogP contribution in [0.2, 0.25) is 0 Å². The number of rotatable bonds is 4. The molecule has 3 N–H and O–H groups in total. The number of nitrogens with zero attached hydrogens (tertiary/aromatic N) is 2. The monoisotopic (exact) mass is 286 g/mol. The third-order valence-corrected chi connectivity index (χ3v) is 3.82. The molecule has 2 heterocycles. The van der Waals surface area contributed by atoms with Crippen molar-refractivity contribution in [2.24, 2.45) is 5.73 Å². The average molecular weight is 286 g/mol. The van der Waals surface area contributed by atoms with E-state index in [4.69, 9.17) is 10.6 Å². The number of fused-ring (bicyclic) bond motifs is 1. The van der Waals surface area contributed by atoms with E-state index >= 15 is 0 Å².